The minimum absolute atomic E-state index is 0.150. The number of carbonyl (C=O) groups excluding carboxylic acids is 1. The lowest BCUT2D eigenvalue weighted by Gasteiger charge is -2.21. The third-order valence-corrected chi connectivity index (χ3v) is 7.61. The van der Waals surface area contributed by atoms with Gasteiger partial charge in [0.1, 0.15) is 0 Å². The molecule has 0 atom stereocenters. The summed E-state index contributed by atoms with van der Waals surface area (Å²) < 4.78 is 2.08. The molecule has 0 N–H and O–H groups in total. The zero-order chi connectivity index (χ0) is 22.5. The van der Waals surface area contributed by atoms with E-state index < -0.39 is 0 Å². The fourth-order valence-corrected chi connectivity index (χ4v) is 5.59. The van der Waals surface area contributed by atoms with E-state index >= 15 is 0 Å². The van der Waals surface area contributed by atoms with Crippen molar-refractivity contribution in [1.82, 2.24) is 14.7 Å². The first kappa shape index (κ1) is 21.9. The number of rotatable bonds is 8. The number of para-hydroxylation sites is 1. The Balaban J connectivity index is 1.38. The topological polar surface area (TPSA) is 38.1 Å². The average Bonchev–Trinajstić information content (AvgIpc) is 3.55. The van der Waals surface area contributed by atoms with Crippen LogP contribution < -0.4 is 0 Å². The molecule has 5 heteroatoms. The molecular formula is C28H31N3OS. The number of Topliss-reactive ketones (excluding diaryl/α,β-unsaturated/α-hetero) is 1. The van der Waals surface area contributed by atoms with Gasteiger partial charge in [0.15, 0.2) is 5.78 Å². The van der Waals surface area contributed by atoms with Crippen LogP contribution in [0.1, 0.15) is 66.0 Å². The number of ketones is 1. The fourth-order valence-electron chi connectivity index (χ4n) is 4.94. The van der Waals surface area contributed by atoms with Crippen LogP contribution in [0.3, 0.4) is 0 Å². The van der Waals surface area contributed by atoms with Gasteiger partial charge in [-0.3, -0.25) is 4.79 Å². The van der Waals surface area contributed by atoms with Gasteiger partial charge in [-0.2, -0.15) is 5.10 Å². The second kappa shape index (κ2) is 10.3. The van der Waals surface area contributed by atoms with E-state index in [1.165, 1.54) is 55.4 Å². The fraction of sp³-hybridized carbons (Fsp3) is 0.357. The maximum absolute atomic E-state index is 12.6. The first-order valence-electron chi connectivity index (χ1n) is 12.1. The lowest BCUT2D eigenvalue weighted by molar-refractivity contribution is 0.0973. The molecule has 3 aromatic rings. The first-order chi connectivity index (χ1) is 16.3. The van der Waals surface area contributed by atoms with Crippen LogP contribution >= 0.6 is 11.3 Å². The van der Waals surface area contributed by atoms with E-state index in [2.05, 4.69) is 47.3 Å². The lowest BCUT2D eigenvalue weighted by Crippen LogP contribution is -2.21. The van der Waals surface area contributed by atoms with E-state index in [0.717, 1.165) is 40.7 Å². The van der Waals surface area contributed by atoms with E-state index in [4.69, 9.17) is 5.10 Å². The minimum atomic E-state index is 0.150. The molecule has 1 saturated carbocycles. The van der Waals surface area contributed by atoms with Crippen molar-refractivity contribution in [2.75, 3.05) is 6.54 Å². The maximum atomic E-state index is 12.6. The lowest BCUT2D eigenvalue weighted by atomic mass is 9.86. The molecule has 33 heavy (non-hydrogen) atoms. The van der Waals surface area contributed by atoms with Crippen LogP contribution in [0.5, 0.6) is 0 Å². The molecule has 3 heterocycles. The van der Waals surface area contributed by atoms with E-state index in [9.17, 15) is 4.79 Å². The third-order valence-electron chi connectivity index (χ3n) is 6.70. The molecule has 2 aromatic heterocycles. The van der Waals surface area contributed by atoms with Crippen LogP contribution in [0.15, 0.2) is 72.4 Å². The summed E-state index contributed by atoms with van der Waals surface area (Å²) in [6.07, 6.45) is 16.3. The van der Waals surface area contributed by atoms with Crippen molar-refractivity contribution >= 4 is 22.7 Å². The van der Waals surface area contributed by atoms with Gasteiger partial charge in [0.05, 0.1) is 28.5 Å². The molecule has 170 valence electrons. The highest BCUT2D eigenvalue weighted by molar-refractivity contribution is 7.12. The van der Waals surface area contributed by atoms with Gasteiger partial charge in [0.25, 0.3) is 0 Å². The molecule has 1 aliphatic carbocycles. The summed E-state index contributed by atoms with van der Waals surface area (Å²) in [6.45, 7) is 0.356. The van der Waals surface area contributed by atoms with Crippen LogP contribution in [-0.4, -0.2) is 27.0 Å². The van der Waals surface area contributed by atoms with Crippen LogP contribution in [0.4, 0.5) is 0 Å². The Morgan fingerprint density at radius 1 is 1.06 bits per heavy atom. The van der Waals surface area contributed by atoms with Gasteiger partial charge >= 0.3 is 0 Å². The van der Waals surface area contributed by atoms with Crippen LogP contribution in [0.2, 0.25) is 0 Å². The van der Waals surface area contributed by atoms with E-state index in [0.29, 0.717) is 6.54 Å². The Labute approximate surface area is 200 Å². The van der Waals surface area contributed by atoms with E-state index in [1.807, 2.05) is 34.7 Å². The monoisotopic (exact) mass is 457 g/mol. The van der Waals surface area contributed by atoms with E-state index in [1.54, 1.807) is 0 Å². The molecule has 5 rings (SSSR count). The van der Waals surface area contributed by atoms with Crippen molar-refractivity contribution in [1.29, 1.82) is 0 Å². The molecule has 1 aromatic carbocycles. The third kappa shape index (κ3) is 5.36. The van der Waals surface area contributed by atoms with Gasteiger partial charge in [-0.15, -0.1) is 11.3 Å². The molecule has 0 unspecified atom stereocenters. The average molecular weight is 458 g/mol. The molecule has 0 saturated heterocycles. The summed E-state index contributed by atoms with van der Waals surface area (Å²) in [5, 5.41) is 6.99. The number of carbonyl (C=O) groups is 1. The number of hydrogen-bond acceptors (Lipinski definition) is 4. The largest absolute Gasteiger partial charge is 0.346 e. The zero-order valence-electron chi connectivity index (χ0n) is 19.0. The number of thiophene rings is 1. The van der Waals surface area contributed by atoms with Gasteiger partial charge in [-0.1, -0.05) is 62.4 Å². The van der Waals surface area contributed by atoms with E-state index in [-0.39, 0.29) is 5.78 Å². The van der Waals surface area contributed by atoms with Gasteiger partial charge in [-0.25, -0.2) is 4.68 Å². The zero-order valence-corrected chi connectivity index (χ0v) is 19.8. The van der Waals surface area contributed by atoms with Crippen molar-refractivity contribution in [3.63, 3.8) is 0 Å². The van der Waals surface area contributed by atoms with Crippen molar-refractivity contribution in [3.8, 4) is 5.69 Å². The van der Waals surface area contributed by atoms with Crippen LogP contribution in [0, 0.1) is 5.92 Å². The van der Waals surface area contributed by atoms with Crippen molar-refractivity contribution < 1.29 is 4.79 Å². The van der Waals surface area contributed by atoms with Crippen molar-refractivity contribution in [3.05, 3.63) is 88.7 Å². The predicted octanol–water partition coefficient (Wildman–Crippen LogP) is 6.89. The number of hydrogen-bond donors (Lipinski definition) is 0. The molecule has 0 spiro atoms. The Morgan fingerprint density at radius 2 is 1.91 bits per heavy atom. The van der Waals surface area contributed by atoms with Gasteiger partial charge < -0.3 is 4.90 Å². The molecule has 0 bridgehead atoms. The number of aryl methyl sites for hydroxylation is 1. The summed E-state index contributed by atoms with van der Waals surface area (Å²) >= 11 is 1.50. The second-order valence-electron chi connectivity index (χ2n) is 9.13. The van der Waals surface area contributed by atoms with Gasteiger partial charge in [0, 0.05) is 12.4 Å². The number of aromatic nitrogens is 2. The van der Waals surface area contributed by atoms with Crippen molar-refractivity contribution in [2.24, 2.45) is 5.92 Å². The number of allylic oxidation sites excluding steroid dienone is 2. The predicted molar refractivity (Wildman–Crippen MR) is 136 cm³/mol. The van der Waals surface area contributed by atoms with Crippen LogP contribution in [0.25, 0.3) is 11.3 Å². The van der Waals surface area contributed by atoms with Gasteiger partial charge in [0.2, 0.25) is 0 Å². The highest BCUT2D eigenvalue weighted by atomic mass is 32.1. The summed E-state index contributed by atoms with van der Waals surface area (Å²) in [5.41, 5.74) is 4.55. The molecule has 4 nitrogen and oxygen atoms in total. The Bertz CT molecular complexity index is 1120. The SMILES string of the molecule is O=C(CN1C=CCC(c2cc(CCC3CCCCC3)nn2-c2ccccc2)=C1)c1cccs1. The maximum Gasteiger partial charge on any atom is 0.192 e. The standard InChI is InChI=1S/C28H31N3OS/c32-27(28-14-8-18-33-28)21-30-17-7-11-23(20-30)26-19-24(16-15-22-9-3-1-4-10-22)29-31(26)25-12-5-2-6-13-25/h2,5-8,12-14,17-20,22H,1,3-4,9-11,15-16,21H2. The molecule has 0 amide bonds. The molecule has 0 radical (unpaired) electrons. The molecular weight excluding hydrogens is 426 g/mol. The number of benzene rings is 1. The highest BCUT2D eigenvalue weighted by Gasteiger charge is 2.19. The summed E-state index contributed by atoms with van der Waals surface area (Å²) in [5.74, 6) is 0.997. The Hall–Kier alpha value is -2.92. The Kier molecular flexibility index (Phi) is 6.87. The molecule has 1 aliphatic heterocycles. The summed E-state index contributed by atoms with van der Waals surface area (Å²) in [6, 6.07) is 16.5. The Morgan fingerprint density at radius 3 is 2.70 bits per heavy atom. The summed E-state index contributed by atoms with van der Waals surface area (Å²) in [4.78, 5) is 15.4. The normalized spacial score (nSPS) is 16.7. The molecule has 1 fully saturated rings. The first-order valence-corrected chi connectivity index (χ1v) is 13.0. The minimum Gasteiger partial charge on any atom is -0.346 e. The van der Waals surface area contributed by atoms with Crippen molar-refractivity contribution in [2.45, 2.75) is 51.4 Å². The molecule has 2 aliphatic rings. The second-order valence-corrected chi connectivity index (χ2v) is 10.1. The van der Waals surface area contributed by atoms with Gasteiger partial charge in [-0.05, 0) is 60.4 Å². The van der Waals surface area contributed by atoms with Crippen LogP contribution in [-0.2, 0) is 6.42 Å². The smallest absolute Gasteiger partial charge is 0.192 e. The number of nitrogens with zero attached hydrogens (tertiary/aromatic N) is 3. The summed E-state index contributed by atoms with van der Waals surface area (Å²) in [7, 11) is 0. The highest BCUT2D eigenvalue weighted by Crippen LogP contribution is 2.30. The quantitative estimate of drug-likeness (QED) is 0.346.